The fourth-order valence-electron chi connectivity index (χ4n) is 3.16. The van der Waals surface area contributed by atoms with E-state index in [4.69, 9.17) is 9.73 Å². The van der Waals surface area contributed by atoms with Crippen molar-refractivity contribution in [2.24, 2.45) is 10.9 Å². The van der Waals surface area contributed by atoms with Crippen LogP contribution in [-0.4, -0.2) is 51.5 Å². The van der Waals surface area contributed by atoms with Crippen LogP contribution in [-0.2, 0) is 11.3 Å². The van der Waals surface area contributed by atoms with Crippen molar-refractivity contribution in [3.63, 3.8) is 0 Å². The van der Waals surface area contributed by atoms with Gasteiger partial charge in [-0.25, -0.2) is 14.5 Å². The Labute approximate surface area is 197 Å². The average Bonchev–Trinajstić information content (AvgIpc) is 2.98. The zero-order valence-electron chi connectivity index (χ0n) is 19.3. The van der Waals surface area contributed by atoms with Crippen LogP contribution in [0.5, 0.6) is 0 Å². The van der Waals surface area contributed by atoms with Crippen molar-refractivity contribution in [3.8, 4) is 0 Å². The third kappa shape index (κ3) is 8.27. The van der Waals surface area contributed by atoms with E-state index in [1.54, 1.807) is 0 Å². The molecule has 0 aromatic carbocycles. The monoisotopic (exact) mass is 535 g/mol. The first-order valence-corrected chi connectivity index (χ1v) is 10.5. The Balaban J connectivity index is 0.00000450. The lowest BCUT2D eigenvalue weighted by atomic mass is 10.1. The van der Waals surface area contributed by atoms with E-state index in [0.717, 1.165) is 37.6 Å². The lowest BCUT2D eigenvalue weighted by Gasteiger charge is -2.26. The molecule has 0 aliphatic carbocycles. The normalized spacial score (nSPS) is 17.6. The second-order valence-electron chi connectivity index (χ2n) is 8.80. The highest BCUT2D eigenvalue weighted by Crippen LogP contribution is 2.22. The van der Waals surface area contributed by atoms with Gasteiger partial charge in [0.25, 0.3) is 0 Å². The Morgan fingerprint density at radius 1 is 1.37 bits per heavy atom. The van der Waals surface area contributed by atoms with Gasteiger partial charge in [0, 0.05) is 13.1 Å². The second-order valence-corrected chi connectivity index (χ2v) is 8.80. The van der Waals surface area contributed by atoms with Crippen molar-refractivity contribution in [1.82, 2.24) is 30.7 Å². The molecule has 0 saturated carbocycles. The van der Waals surface area contributed by atoms with Crippen LogP contribution in [0.4, 0.5) is 4.79 Å². The van der Waals surface area contributed by atoms with Crippen molar-refractivity contribution < 1.29 is 9.53 Å². The number of aromatic nitrogens is 3. The molecule has 0 saturated heterocycles. The summed E-state index contributed by atoms with van der Waals surface area (Å²) in [7, 11) is 0. The number of amides is 1. The Morgan fingerprint density at radius 2 is 2.07 bits per heavy atom. The van der Waals surface area contributed by atoms with Crippen LogP contribution in [0, 0.1) is 12.8 Å². The number of rotatable bonds is 6. The lowest BCUT2D eigenvalue weighted by molar-refractivity contribution is 0.0493. The third-order valence-electron chi connectivity index (χ3n) is 4.59. The molecule has 1 aromatic rings. The van der Waals surface area contributed by atoms with Crippen LogP contribution in [0.15, 0.2) is 4.99 Å². The molecular formula is C20H38IN7O2. The highest BCUT2D eigenvalue weighted by molar-refractivity contribution is 14.0. The number of nitrogens with one attached hydrogen (secondary N) is 3. The summed E-state index contributed by atoms with van der Waals surface area (Å²) in [6, 6.07) is -0.0587. The third-order valence-corrected chi connectivity index (χ3v) is 4.59. The van der Waals surface area contributed by atoms with Crippen LogP contribution in [0.25, 0.3) is 0 Å². The predicted molar refractivity (Wildman–Crippen MR) is 129 cm³/mol. The minimum atomic E-state index is -0.527. The molecule has 3 N–H and O–H groups in total. The van der Waals surface area contributed by atoms with E-state index in [9.17, 15) is 4.79 Å². The maximum atomic E-state index is 12.2. The van der Waals surface area contributed by atoms with E-state index in [0.29, 0.717) is 12.5 Å². The van der Waals surface area contributed by atoms with E-state index in [-0.39, 0.29) is 42.0 Å². The SMILES string of the molecule is CCNC(=NCC(NC(=O)OC(C)(C)C)C(C)C)NC1CCCn2nc(C)nc21.I. The number of aryl methyl sites for hydroxylation is 2. The minimum Gasteiger partial charge on any atom is -0.444 e. The van der Waals surface area contributed by atoms with Crippen LogP contribution >= 0.6 is 24.0 Å². The van der Waals surface area contributed by atoms with Gasteiger partial charge in [0.1, 0.15) is 17.2 Å². The van der Waals surface area contributed by atoms with Gasteiger partial charge >= 0.3 is 6.09 Å². The predicted octanol–water partition coefficient (Wildman–Crippen LogP) is 3.14. The molecule has 0 spiro atoms. The van der Waals surface area contributed by atoms with Gasteiger partial charge in [-0.05, 0) is 53.4 Å². The number of alkyl carbamates (subject to hydrolysis) is 1. The maximum Gasteiger partial charge on any atom is 0.407 e. The van der Waals surface area contributed by atoms with E-state index >= 15 is 0 Å². The number of nitrogens with zero attached hydrogens (tertiary/aromatic N) is 4. The average molecular weight is 535 g/mol. The molecule has 1 aromatic heterocycles. The summed E-state index contributed by atoms with van der Waals surface area (Å²) in [5, 5.41) is 14.2. The van der Waals surface area contributed by atoms with Crippen molar-refractivity contribution in [1.29, 1.82) is 0 Å². The highest BCUT2D eigenvalue weighted by Gasteiger charge is 2.25. The van der Waals surface area contributed by atoms with Gasteiger partial charge < -0.3 is 20.7 Å². The van der Waals surface area contributed by atoms with Gasteiger partial charge in [-0.15, -0.1) is 24.0 Å². The molecule has 2 rings (SSSR count). The molecule has 2 atom stereocenters. The van der Waals surface area contributed by atoms with Crippen molar-refractivity contribution in [2.75, 3.05) is 13.1 Å². The fourth-order valence-corrected chi connectivity index (χ4v) is 3.16. The van der Waals surface area contributed by atoms with Gasteiger partial charge in [0.05, 0.1) is 18.6 Å². The second kappa shape index (κ2) is 11.7. The Morgan fingerprint density at radius 3 is 2.67 bits per heavy atom. The first kappa shape index (κ1) is 26.4. The smallest absolute Gasteiger partial charge is 0.407 e. The molecule has 172 valence electrons. The first-order chi connectivity index (χ1) is 13.6. The molecular weight excluding hydrogens is 497 g/mol. The molecule has 2 unspecified atom stereocenters. The summed E-state index contributed by atoms with van der Waals surface area (Å²) in [4.78, 5) is 21.5. The largest absolute Gasteiger partial charge is 0.444 e. The van der Waals surface area contributed by atoms with Gasteiger partial charge in [-0.3, -0.25) is 4.99 Å². The number of hydrogen-bond acceptors (Lipinski definition) is 5. The first-order valence-electron chi connectivity index (χ1n) is 10.5. The summed E-state index contributed by atoms with van der Waals surface area (Å²) in [5.41, 5.74) is -0.527. The van der Waals surface area contributed by atoms with E-state index in [1.165, 1.54) is 0 Å². The Bertz CT molecular complexity index is 712. The van der Waals surface area contributed by atoms with Gasteiger partial charge in [0.2, 0.25) is 0 Å². The fraction of sp³-hybridized carbons (Fsp3) is 0.800. The topological polar surface area (TPSA) is 105 Å². The number of carbonyl (C=O) groups excluding carboxylic acids is 1. The summed E-state index contributed by atoms with van der Waals surface area (Å²) in [6.07, 6.45) is 1.61. The minimum absolute atomic E-state index is 0. The Kier molecular flexibility index (Phi) is 10.3. The number of carbonyl (C=O) groups is 1. The zero-order chi connectivity index (χ0) is 21.6. The molecule has 0 fully saturated rings. The van der Waals surface area contributed by atoms with Crippen molar-refractivity contribution >= 4 is 36.0 Å². The molecule has 10 heteroatoms. The number of halogens is 1. The molecule has 1 aliphatic heterocycles. The van der Waals surface area contributed by atoms with Crippen molar-refractivity contribution in [3.05, 3.63) is 11.6 Å². The van der Waals surface area contributed by atoms with Crippen LogP contribution < -0.4 is 16.0 Å². The molecule has 1 amide bonds. The molecule has 30 heavy (non-hydrogen) atoms. The highest BCUT2D eigenvalue weighted by atomic mass is 127. The van der Waals surface area contributed by atoms with E-state index in [2.05, 4.69) is 39.9 Å². The molecule has 0 radical (unpaired) electrons. The lowest BCUT2D eigenvalue weighted by Crippen LogP contribution is -2.45. The van der Waals surface area contributed by atoms with Crippen LogP contribution in [0.3, 0.4) is 0 Å². The number of aliphatic imine (C=N–C) groups is 1. The summed E-state index contributed by atoms with van der Waals surface area (Å²) in [6.45, 7) is 15.7. The summed E-state index contributed by atoms with van der Waals surface area (Å²) in [5.74, 6) is 2.67. The molecule has 0 bridgehead atoms. The number of fused-ring (bicyclic) bond motifs is 1. The maximum absolute atomic E-state index is 12.2. The summed E-state index contributed by atoms with van der Waals surface area (Å²) < 4.78 is 7.36. The molecule has 2 heterocycles. The molecule has 9 nitrogen and oxygen atoms in total. The number of hydrogen-bond donors (Lipinski definition) is 3. The quantitative estimate of drug-likeness (QED) is 0.294. The van der Waals surface area contributed by atoms with Crippen LogP contribution in [0.1, 0.15) is 72.1 Å². The van der Waals surface area contributed by atoms with Crippen LogP contribution in [0.2, 0.25) is 0 Å². The number of ether oxygens (including phenoxy) is 1. The van der Waals surface area contributed by atoms with Crippen molar-refractivity contribution in [2.45, 2.75) is 85.5 Å². The Hall–Kier alpha value is -1.59. The molecule has 1 aliphatic rings. The van der Waals surface area contributed by atoms with E-state index < -0.39 is 11.7 Å². The van der Waals surface area contributed by atoms with Gasteiger partial charge in [-0.1, -0.05) is 13.8 Å². The number of guanidine groups is 1. The summed E-state index contributed by atoms with van der Waals surface area (Å²) >= 11 is 0. The van der Waals surface area contributed by atoms with Gasteiger partial charge in [-0.2, -0.15) is 5.10 Å². The zero-order valence-corrected chi connectivity index (χ0v) is 21.6. The van der Waals surface area contributed by atoms with Gasteiger partial charge in [0.15, 0.2) is 5.96 Å². The standard InChI is InChI=1S/C20H37N7O2.HI/c1-8-21-18(24-15-10-9-11-27-17(15)23-14(4)26-27)22-12-16(13(2)3)25-19(28)29-20(5,6)7;/h13,15-16H,8-12H2,1-7H3,(H,25,28)(H2,21,22,24);1H. The van der Waals surface area contributed by atoms with E-state index in [1.807, 2.05) is 39.3 Å².